The van der Waals surface area contributed by atoms with Crippen molar-refractivity contribution < 1.29 is 19.1 Å². The molecule has 170 valence electrons. The topological polar surface area (TPSA) is 89.0 Å². The zero-order valence-corrected chi connectivity index (χ0v) is 20.2. The Bertz CT molecular complexity index is 1200. The Morgan fingerprint density at radius 3 is 2.58 bits per heavy atom. The number of anilines is 1. The van der Waals surface area contributed by atoms with Crippen molar-refractivity contribution in [3.8, 4) is 11.5 Å². The Hall–Kier alpha value is -3.36. The lowest BCUT2D eigenvalue weighted by atomic mass is 10.1. The molecule has 0 fully saturated rings. The van der Waals surface area contributed by atoms with Gasteiger partial charge in [0.25, 0.3) is 0 Å². The highest BCUT2D eigenvalue weighted by atomic mass is 79.9. The summed E-state index contributed by atoms with van der Waals surface area (Å²) in [6, 6.07) is 17.8. The normalized spacial score (nSPS) is 10.7. The van der Waals surface area contributed by atoms with Gasteiger partial charge >= 0.3 is 11.8 Å². The summed E-state index contributed by atoms with van der Waals surface area (Å²) in [5.74, 6) is -0.516. The first kappa shape index (κ1) is 24.3. The molecule has 0 aliphatic heterocycles. The largest absolute Gasteiger partial charge is 0.496 e. The third kappa shape index (κ3) is 6.81. The number of carbonyl (C=O) groups is 2. The van der Waals surface area contributed by atoms with Gasteiger partial charge in [0.05, 0.1) is 18.3 Å². The molecule has 0 atom stereocenters. The van der Waals surface area contributed by atoms with Crippen LogP contribution in [0.2, 0.25) is 5.02 Å². The van der Waals surface area contributed by atoms with Gasteiger partial charge in [-0.3, -0.25) is 9.59 Å². The molecule has 2 N–H and O–H groups in total. The Kier molecular flexibility index (Phi) is 8.46. The molecule has 0 saturated heterocycles. The lowest BCUT2D eigenvalue weighted by molar-refractivity contribution is -0.136. The molecule has 3 aromatic carbocycles. The van der Waals surface area contributed by atoms with Gasteiger partial charge in [0, 0.05) is 15.7 Å². The molecule has 33 heavy (non-hydrogen) atoms. The van der Waals surface area contributed by atoms with Crippen LogP contribution in [-0.2, 0) is 16.2 Å². The highest BCUT2D eigenvalue weighted by Crippen LogP contribution is 2.26. The Balaban J connectivity index is 1.61. The molecule has 0 unspecified atom stereocenters. The smallest absolute Gasteiger partial charge is 0.329 e. The number of carbonyl (C=O) groups excluding carboxylic acids is 2. The second-order valence-corrected chi connectivity index (χ2v) is 8.23. The van der Waals surface area contributed by atoms with Gasteiger partial charge in [-0.05, 0) is 66.6 Å². The van der Waals surface area contributed by atoms with E-state index in [9.17, 15) is 9.59 Å². The molecule has 0 heterocycles. The van der Waals surface area contributed by atoms with Crippen molar-refractivity contribution in [1.29, 1.82) is 0 Å². The number of hydrazone groups is 1. The SMILES string of the molecule is COc1ccc(/C=N/NC(=O)C(=O)Nc2ccc(Br)cc2C)cc1COc1ccccc1Cl. The molecular formula is C24H21BrClN3O4. The number of nitrogens with one attached hydrogen (secondary N) is 2. The molecular weight excluding hydrogens is 510 g/mol. The molecule has 0 bridgehead atoms. The molecule has 7 nitrogen and oxygen atoms in total. The summed E-state index contributed by atoms with van der Waals surface area (Å²) in [5.41, 5.74) is 5.02. The second kappa shape index (κ2) is 11.5. The maximum atomic E-state index is 12.1. The van der Waals surface area contributed by atoms with E-state index in [1.807, 2.05) is 25.1 Å². The molecule has 9 heteroatoms. The van der Waals surface area contributed by atoms with Gasteiger partial charge in [0.1, 0.15) is 18.1 Å². The fraction of sp³-hybridized carbons (Fsp3) is 0.125. The first-order chi connectivity index (χ1) is 15.9. The van der Waals surface area contributed by atoms with Crippen LogP contribution in [0.1, 0.15) is 16.7 Å². The van der Waals surface area contributed by atoms with Crippen molar-refractivity contribution in [2.45, 2.75) is 13.5 Å². The Morgan fingerprint density at radius 1 is 1.06 bits per heavy atom. The van der Waals surface area contributed by atoms with Gasteiger partial charge in [-0.2, -0.15) is 5.10 Å². The summed E-state index contributed by atoms with van der Waals surface area (Å²) in [6.45, 7) is 2.04. The maximum Gasteiger partial charge on any atom is 0.329 e. The van der Waals surface area contributed by atoms with Crippen LogP contribution in [0.3, 0.4) is 0 Å². The first-order valence-electron chi connectivity index (χ1n) is 9.82. The number of rotatable bonds is 7. The second-order valence-electron chi connectivity index (χ2n) is 6.90. The minimum atomic E-state index is -0.885. The summed E-state index contributed by atoms with van der Waals surface area (Å²) in [4.78, 5) is 24.2. The highest BCUT2D eigenvalue weighted by molar-refractivity contribution is 9.10. The summed E-state index contributed by atoms with van der Waals surface area (Å²) in [7, 11) is 1.56. The minimum absolute atomic E-state index is 0.218. The number of ether oxygens (including phenoxy) is 2. The number of benzene rings is 3. The maximum absolute atomic E-state index is 12.1. The molecule has 0 aromatic heterocycles. The number of methoxy groups -OCH3 is 1. The van der Waals surface area contributed by atoms with Crippen LogP contribution in [0.25, 0.3) is 0 Å². The highest BCUT2D eigenvalue weighted by Gasteiger charge is 2.14. The van der Waals surface area contributed by atoms with Crippen molar-refractivity contribution in [3.63, 3.8) is 0 Å². The van der Waals surface area contributed by atoms with Gasteiger partial charge in [-0.1, -0.05) is 39.7 Å². The molecule has 3 aromatic rings. The van der Waals surface area contributed by atoms with Gasteiger partial charge in [0.15, 0.2) is 0 Å². The van der Waals surface area contributed by atoms with Crippen LogP contribution in [0.4, 0.5) is 5.69 Å². The van der Waals surface area contributed by atoms with Crippen molar-refractivity contribution in [2.24, 2.45) is 5.10 Å². The summed E-state index contributed by atoms with van der Waals surface area (Å²) in [5, 5.41) is 6.94. The van der Waals surface area contributed by atoms with Crippen LogP contribution in [0.5, 0.6) is 11.5 Å². The van der Waals surface area contributed by atoms with Crippen LogP contribution in [-0.4, -0.2) is 25.1 Å². The van der Waals surface area contributed by atoms with E-state index in [2.05, 4.69) is 31.8 Å². The summed E-state index contributed by atoms with van der Waals surface area (Å²) < 4.78 is 12.0. The van der Waals surface area contributed by atoms with E-state index in [-0.39, 0.29) is 6.61 Å². The number of amides is 2. The lowest BCUT2D eigenvalue weighted by Crippen LogP contribution is -2.32. The minimum Gasteiger partial charge on any atom is -0.496 e. The predicted octanol–water partition coefficient (Wildman–Crippen LogP) is 5.09. The molecule has 0 aliphatic rings. The van der Waals surface area contributed by atoms with Crippen molar-refractivity contribution in [1.82, 2.24) is 5.43 Å². The number of hydrogen-bond acceptors (Lipinski definition) is 5. The zero-order valence-electron chi connectivity index (χ0n) is 17.9. The van der Waals surface area contributed by atoms with Crippen molar-refractivity contribution in [3.05, 3.63) is 86.8 Å². The number of nitrogens with zero attached hydrogens (tertiary/aromatic N) is 1. The number of halogens is 2. The van der Waals surface area contributed by atoms with E-state index in [0.717, 1.165) is 15.6 Å². The van der Waals surface area contributed by atoms with E-state index >= 15 is 0 Å². The lowest BCUT2D eigenvalue weighted by Gasteiger charge is -2.12. The average molecular weight is 531 g/mol. The van der Waals surface area contributed by atoms with E-state index in [1.165, 1.54) is 6.21 Å². The molecule has 0 radical (unpaired) electrons. The quantitative estimate of drug-likeness (QED) is 0.253. The number of hydrogen-bond donors (Lipinski definition) is 2. The van der Waals surface area contributed by atoms with Gasteiger partial charge < -0.3 is 14.8 Å². The first-order valence-corrected chi connectivity index (χ1v) is 11.0. The number of para-hydroxylation sites is 1. The third-order valence-corrected chi connectivity index (χ3v) is 5.35. The van der Waals surface area contributed by atoms with Gasteiger partial charge in [-0.25, -0.2) is 5.43 Å². The van der Waals surface area contributed by atoms with E-state index in [4.69, 9.17) is 21.1 Å². The number of aryl methyl sites for hydroxylation is 1. The fourth-order valence-corrected chi connectivity index (χ4v) is 3.54. The molecule has 2 amide bonds. The fourth-order valence-electron chi connectivity index (χ4n) is 2.87. The summed E-state index contributed by atoms with van der Waals surface area (Å²) >= 11 is 9.49. The van der Waals surface area contributed by atoms with Crippen LogP contribution >= 0.6 is 27.5 Å². The van der Waals surface area contributed by atoms with E-state index in [0.29, 0.717) is 27.8 Å². The Morgan fingerprint density at radius 2 is 1.85 bits per heavy atom. The van der Waals surface area contributed by atoms with Crippen molar-refractivity contribution in [2.75, 3.05) is 12.4 Å². The zero-order chi connectivity index (χ0) is 23.8. The summed E-state index contributed by atoms with van der Waals surface area (Å²) in [6.07, 6.45) is 1.43. The van der Waals surface area contributed by atoms with E-state index in [1.54, 1.807) is 49.6 Å². The standard InChI is InChI=1S/C24H21BrClN3O4/c1-15-11-18(25)8-9-20(15)28-23(30)24(31)29-27-13-16-7-10-21(32-2)17(12-16)14-33-22-6-4-3-5-19(22)26/h3-13H,14H2,1-2H3,(H,28,30)(H,29,31)/b27-13+. The predicted molar refractivity (Wildman–Crippen MR) is 132 cm³/mol. The van der Waals surface area contributed by atoms with Gasteiger partial charge in [-0.15, -0.1) is 0 Å². The Labute approximate surface area is 204 Å². The van der Waals surface area contributed by atoms with E-state index < -0.39 is 11.8 Å². The molecule has 3 rings (SSSR count). The van der Waals surface area contributed by atoms with Crippen molar-refractivity contribution >= 4 is 51.2 Å². The molecule has 0 saturated carbocycles. The van der Waals surface area contributed by atoms with Crippen LogP contribution in [0.15, 0.2) is 70.2 Å². The van der Waals surface area contributed by atoms with Gasteiger partial charge in [0.2, 0.25) is 0 Å². The molecule has 0 aliphatic carbocycles. The molecule has 0 spiro atoms. The third-order valence-electron chi connectivity index (χ3n) is 4.55. The monoisotopic (exact) mass is 529 g/mol. The van der Waals surface area contributed by atoms with Crippen LogP contribution in [0, 0.1) is 6.92 Å². The van der Waals surface area contributed by atoms with Crippen LogP contribution < -0.4 is 20.2 Å². The average Bonchev–Trinajstić information content (AvgIpc) is 2.80.